The van der Waals surface area contributed by atoms with Crippen molar-refractivity contribution in [2.45, 2.75) is 6.04 Å². The van der Waals surface area contributed by atoms with E-state index in [0.29, 0.717) is 27.5 Å². The number of hydrogen-bond donors (Lipinski definition) is 1. The maximum atomic E-state index is 14.1. The highest BCUT2D eigenvalue weighted by Gasteiger charge is 2.30. The van der Waals surface area contributed by atoms with E-state index in [1.165, 1.54) is 0 Å². The topological polar surface area (TPSA) is 45.4 Å². The molecule has 3 rings (SSSR count). The Morgan fingerprint density at radius 2 is 2.10 bits per heavy atom. The molecule has 0 amide bonds. The summed E-state index contributed by atoms with van der Waals surface area (Å²) in [6.45, 7) is 1.73. The van der Waals surface area contributed by atoms with Crippen molar-refractivity contribution in [1.29, 1.82) is 0 Å². The predicted octanol–water partition coefficient (Wildman–Crippen LogP) is 2.47. The fourth-order valence-corrected chi connectivity index (χ4v) is 2.72. The standard InChI is InChI=1S/C14H16BrFN4/c1-19(2)9-6-20(7-9)14-11(17)5-8-3-4-10(15)12(16)13(8)18-14/h3-5,9H,6-7,17H2,1-2H3. The zero-order chi connectivity index (χ0) is 14.4. The molecule has 20 heavy (non-hydrogen) atoms. The summed E-state index contributed by atoms with van der Waals surface area (Å²) in [7, 11) is 4.10. The lowest BCUT2D eigenvalue weighted by atomic mass is 10.1. The van der Waals surface area contributed by atoms with Gasteiger partial charge in [-0.25, -0.2) is 9.37 Å². The monoisotopic (exact) mass is 338 g/mol. The highest BCUT2D eigenvalue weighted by molar-refractivity contribution is 9.10. The first-order valence-corrected chi connectivity index (χ1v) is 7.22. The molecule has 0 unspecified atom stereocenters. The van der Waals surface area contributed by atoms with Crippen LogP contribution in [-0.4, -0.2) is 43.1 Å². The normalized spacial score (nSPS) is 15.9. The predicted molar refractivity (Wildman–Crippen MR) is 83.5 cm³/mol. The van der Waals surface area contributed by atoms with Crippen LogP contribution in [-0.2, 0) is 0 Å². The van der Waals surface area contributed by atoms with E-state index in [1.807, 2.05) is 6.07 Å². The van der Waals surface area contributed by atoms with Crippen LogP contribution in [0.3, 0.4) is 0 Å². The molecular formula is C14H16BrFN4. The second-order valence-electron chi connectivity index (χ2n) is 5.36. The van der Waals surface area contributed by atoms with E-state index in [0.717, 1.165) is 18.5 Å². The van der Waals surface area contributed by atoms with Gasteiger partial charge in [0.25, 0.3) is 0 Å². The Bertz CT molecular complexity index is 668. The molecule has 1 aromatic heterocycles. The number of benzene rings is 1. The molecule has 6 heteroatoms. The molecule has 1 fully saturated rings. The highest BCUT2D eigenvalue weighted by atomic mass is 79.9. The minimum atomic E-state index is -0.339. The van der Waals surface area contributed by atoms with Crippen LogP contribution in [0, 0.1) is 5.82 Å². The molecule has 1 saturated heterocycles. The molecule has 0 saturated carbocycles. The lowest BCUT2D eigenvalue weighted by Crippen LogP contribution is -2.57. The van der Waals surface area contributed by atoms with Crippen LogP contribution in [0.15, 0.2) is 22.7 Å². The third-order valence-corrected chi connectivity index (χ3v) is 4.39. The lowest BCUT2D eigenvalue weighted by molar-refractivity contribution is 0.246. The smallest absolute Gasteiger partial charge is 0.163 e. The zero-order valence-corrected chi connectivity index (χ0v) is 13.0. The first-order valence-electron chi connectivity index (χ1n) is 6.43. The largest absolute Gasteiger partial charge is 0.396 e. The summed E-state index contributed by atoms with van der Waals surface area (Å²) in [5.74, 6) is 0.334. The van der Waals surface area contributed by atoms with Gasteiger partial charge in [-0.05, 0) is 42.2 Å². The van der Waals surface area contributed by atoms with Crippen molar-refractivity contribution < 1.29 is 4.39 Å². The number of hydrogen-bond acceptors (Lipinski definition) is 4. The Morgan fingerprint density at radius 1 is 1.40 bits per heavy atom. The summed E-state index contributed by atoms with van der Waals surface area (Å²) in [5.41, 5.74) is 7.01. The van der Waals surface area contributed by atoms with Crippen LogP contribution < -0.4 is 10.6 Å². The summed E-state index contributed by atoms with van der Waals surface area (Å²) in [5, 5.41) is 0.719. The first kappa shape index (κ1) is 13.6. The Labute approximate surface area is 125 Å². The van der Waals surface area contributed by atoms with Crippen molar-refractivity contribution in [3.05, 3.63) is 28.5 Å². The van der Waals surface area contributed by atoms with Crippen LogP contribution in [0.25, 0.3) is 10.9 Å². The molecule has 0 aliphatic carbocycles. The summed E-state index contributed by atoms with van der Waals surface area (Å²) >= 11 is 3.19. The van der Waals surface area contributed by atoms with Gasteiger partial charge >= 0.3 is 0 Å². The first-order chi connectivity index (χ1) is 9.47. The summed E-state index contributed by atoms with van der Waals surface area (Å²) in [6, 6.07) is 5.77. The van der Waals surface area contributed by atoms with Gasteiger partial charge in [-0.15, -0.1) is 0 Å². The van der Waals surface area contributed by atoms with E-state index in [1.54, 1.807) is 12.1 Å². The van der Waals surface area contributed by atoms with Crippen LogP contribution in [0.4, 0.5) is 15.9 Å². The number of nitrogens with two attached hydrogens (primary N) is 1. The van der Waals surface area contributed by atoms with E-state index < -0.39 is 0 Å². The SMILES string of the molecule is CN(C)C1CN(c2nc3c(F)c(Br)ccc3cc2N)C1. The highest BCUT2D eigenvalue weighted by Crippen LogP contribution is 2.32. The molecule has 1 aliphatic rings. The van der Waals surface area contributed by atoms with E-state index in [9.17, 15) is 4.39 Å². The molecule has 1 aliphatic heterocycles. The van der Waals surface area contributed by atoms with Crippen LogP contribution in [0.2, 0.25) is 0 Å². The Hall–Kier alpha value is -1.40. The lowest BCUT2D eigenvalue weighted by Gasteiger charge is -2.43. The molecule has 0 spiro atoms. The number of pyridine rings is 1. The summed E-state index contributed by atoms with van der Waals surface area (Å²) in [4.78, 5) is 8.68. The summed E-state index contributed by atoms with van der Waals surface area (Å²) in [6.07, 6.45) is 0. The van der Waals surface area contributed by atoms with Gasteiger partial charge in [-0.3, -0.25) is 0 Å². The fraction of sp³-hybridized carbons (Fsp3) is 0.357. The van der Waals surface area contributed by atoms with Gasteiger partial charge in [0.1, 0.15) is 5.52 Å². The molecule has 1 aromatic carbocycles. The number of likely N-dealkylation sites (N-methyl/N-ethyl adjacent to an activating group) is 1. The number of rotatable bonds is 2. The molecule has 0 bridgehead atoms. The van der Waals surface area contributed by atoms with Gasteiger partial charge in [-0.2, -0.15) is 0 Å². The number of fused-ring (bicyclic) bond motifs is 1. The average Bonchev–Trinajstić information content (AvgIpc) is 2.33. The molecule has 0 atom stereocenters. The number of aromatic nitrogens is 1. The maximum Gasteiger partial charge on any atom is 0.163 e. The van der Waals surface area contributed by atoms with Crippen LogP contribution in [0.1, 0.15) is 0 Å². The van der Waals surface area contributed by atoms with Gasteiger partial charge in [0, 0.05) is 24.5 Å². The second kappa shape index (κ2) is 4.86. The fourth-order valence-electron chi connectivity index (χ4n) is 2.40. The second-order valence-corrected chi connectivity index (χ2v) is 6.21. The van der Waals surface area contributed by atoms with E-state index in [-0.39, 0.29) is 5.82 Å². The van der Waals surface area contributed by atoms with Crippen molar-refractivity contribution in [3.63, 3.8) is 0 Å². The van der Waals surface area contributed by atoms with Crippen molar-refractivity contribution in [2.75, 3.05) is 37.8 Å². The van der Waals surface area contributed by atoms with Crippen molar-refractivity contribution in [3.8, 4) is 0 Å². The molecule has 4 nitrogen and oxygen atoms in total. The van der Waals surface area contributed by atoms with Gasteiger partial charge in [0.05, 0.1) is 10.2 Å². The van der Waals surface area contributed by atoms with Gasteiger partial charge in [0.15, 0.2) is 11.6 Å². The van der Waals surface area contributed by atoms with E-state index >= 15 is 0 Å². The Balaban J connectivity index is 2.00. The molecule has 2 aromatic rings. The number of nitrogens with zero attached hydrogens (tertiary/aromatic N) is 3. The van der Waals surface area contributed by atoms with Crippen molar-refractivity contribution in [2.24, 2.45) is 0 Å². The number of nitrogen functional groups attached to an aromatic ring is 1. The van der Waals surface area contributed by atoms with Crippen LogP contribution >= 0.6 is 15.9 Å². The van der Waals surface area contributed by atoms with Gasteiger partial charge in [0.2, 0.25) is 0 Å². The van der Waals surface area contributed by atoms with Crippen molar-refractivity contribution >= 4 is 38.3 Å². The van der Waals surface area contributed by atoms with E-state index in [2.05, 4.69) is 44.8 Å². The maximum absolute atomic E-state index is 14.1. The number of anilines is 2. The molecule has 2 heterocycles. The Kier molecular flexibility index (Phi) is 3.30. The number of halogens is 2. The molecule has 0 radical (unpaired) electrons. The third-order valence-electron chi connectivity index (χ3n) is 3.78. The third kappa shape index (κ3) is 2.13. The Morgan fingerprint density at radius 3 is 2.75 bits per heavy atom. The molecule has 2 N–H and O–H groups in total. The molecule has 106 valence electrons. The minimum absolute atomic E-state index is 0.339. The quantitative estimate of drug-likeness (QED) is 0.913. The minimum Gasteiger partial charge on any atom is -0.396 e. The van der Waals surface area contributed by atoms with Crippen molar-refractivity contribution in [1.82, 2.24) is 9.88 Å². The van der Waals surface area contributed by atoms with E-state index in [4.69, 9.17) is 5.73 Å². The molecular weight excluding hydrogens is 323 g/mol. The van der Waals surface area contributed by atoms with Crippen LogP contribution in [0.5, 0.6) is 0 Å². The van der Waals surface area contributed by atoms with Gasteiger partial charge < -0.3 is 15.5 Å². The average molecular weight is 339 g/mol. The zero-order valence-electron chi connectivity index (χ0n) is 11.4. The van der Waals surface area contributed by atoms with Gasteiger partial charge in [-0.1, -0.05) is 6.07 Å². The summed E-state index contributed by atoms with van der Waals surface area (Å²) < 4.78 is 14.5.